The molecule has 18 heavy (non-hydrogen) atoms. The molecule has 0 amide bonds. The predicted molar refractivity (Wildman–Crippen MR) is 69.1 cm³/mol. The molecule has 2 rings (SSSR count). The van der Waals surface area contributed by atoms with Gasteiger partial charge in [-0.2, -0.15) is 0 Å². The fraction of sp³-hybridized carbons (Fsp3) is 0.692. The molecule has 1 aromatic rings. The van der Waals surface area contributed by atoms with Gasteiger partial charge in [0.15, 0.2) is 5.82 Å². The summed E-state index contributed by atoms with van der Waals surface area (Å²) in [5.74, 6) is 1.23. The lowest BCUT2D eigenvalue weighted by Gasteiger charge is -2.30. The van der Waals surface area contributed by atoms with Crippen LogP contribution in [0.1, 0.15) is 43.8 Å². The van der Waals surface area contributed by atoms with Crippen LogP contribution in [-0.4, -0.2) is 23.7 Å². The van der Waals surface area contributed by atoms with Crippen LogP contribution in [0.3, 0.4) is 0 Å². The number of nitrogens with two attached hydrogens (primary N) is 1. The van der Waals surface area contributed by atoms with E-state index in [9.17, 15) is 0 Å². The van der Waals surface area contributed by atoms with Crippen molar-refractivity contribution in [1.82, 2.24) is 9.97 Å². The van der Waals surface area contributed by atoms with Crippen molar-refractivity contribution in [3.8, 4) is 0 Å². The lowest BCUT2D eigenvalue weighted by atomic mass is 9.95. The highest BCUT2D eigenvalue weighted by molar-refractivity contribution is 5.43. The highest BCUT2D eigenvalue weighted by atomic mass is 16.5. The number of fused-ring (bicyclic) bond motifs is 1. The summed E-state index contributed by atoms with van der Waals surface area (Å²) >= 11 is 0. The summed E-state index contributed by atoms with van der Waals surface area (Å²) < 4.78 is 11.0. The van der Waals surface area contributed by atoms with Gasteiger partial charge in [-0.3, -0.25) is 0 Å². The topological polar surface area (TPSA) is 70.3 Å². The Bertz CT molecular complexity index is 422. The highest BCUT2D eigenvalue weighted by Crippen LogP contribution is 2.32. The molecule has 0 atom stereocenters. The molecule has 2 heterocycles. The summed E-state index contributed by atoms with van der Waals surface area (Å²) in [4.78, 5) is 9.10. The van der Waals surface area contributed by atoms with Crippen LogP contribution in [0.15, 0.2) is 0 Å². The first-order chi connectivity index (χ1) is 8.66. The maximum atomic E-state index is 6.02. The molecule has 0 saturated heterocycles. The molecule has 0 radical (unpaired) electrons. The first-order valence-electron chi connectivity index (χ1n) is 6.45. The Balaban J connectivity index is 2.48. The van der Waals surface area contributed by atoms with Gasteiger partial charge in [0.2, 0.25) is 0 Å². The largest absolute Gasteiger partial charge is 0.383 e. The zero-order chi connectivity index (χ0) is 13.2. The van der Waals surface area contributed by atoms with Crippen LogP contribution in [0.5, 0.6) is 0 Å². The van der Waals surface area contributed by atoms with Gasteiger partial charge in [-0.15, -0.1) is 0 Å². The molecule has 0 aliphatic carbocycles. The Morgan fingerprint density at radius 2 is 2.06 bits per heavy atom. The van der Waals surface area contributed by atoms with Gasteiger partial charge in [-0.05, 0) is 12.8 Å². The second-order valence-corrected chi connectivity index (χ2v) is 4.57. The summed E-state index contributed by atoms with van der Waals surface area (Å²) in [5.41, 5.74) is 7.53. The van der Waals surface area contributed by atoms with E-state index in [4.69, 9.17) is 15.2 Å². The van der Waals surface area contributed by atoms with Crippen LogP contribution in [0.2, 0.25) is 0 Å². The van der Waals surface area contributed by atoms with Gasteiger partial charge >= 0.3 is 0 Å². The zero-order valence-corrected chi connectivity index (χ0v) is 11.3. The first kappa shape index (κ1) is 13.2. The van der Waals surface area contributed by atoms with E-state index in [1.54, 1.807) is 7.11 Å². The molecule has 0 fully saturated rings. The van der Waals surface area contributed by atoms with Crippen LogP contribution in [0.25, 0.3) is 0 Å². The molecular formula is C13H21N3O2. The number of anilines is 1. The Morgan fingerprint density at radius 1 is 1.33 bits per heavy atom. The van der Waals surface area contributed by atoms with Crippen LogP contribution >= 0.6 is 0 Å². The summed E-state index contributed by atoms with van der Waals surface area (Å²) in [6.45, 7) is 5.37. The first-order valence-corrected chi connectivity index (χ1v) is 6.45. The van der Waals surface area contributed by atoms with E-state index >= 15 is 0 Å². The summed E-state index contributed by atoms with van der Waals surface area (Å²) in [5, 5.41) is 0. The molecule has 5 heteroatoms. The number of nitrogens with zero attached hydrogens (tertiary/aromatic N) is 2. The average molecular weight is 251 g/mol. The maximum Gasteiger partial charge on any atom is 0.162 e. The van der Waals surface area contributed by atoms with Crippen LogP contribution < -0.4 is 5.73 Å². The van der Waals surface area contributed by atoms with Crippen molar-refractivity contribution in [3.05, 3.63) is 17.1 Å². The molecular weight excluding hydrogens is 230 g/mol. The monoisotopic (exact) mass is 251 g/mol. The molecule has 1 aromatic heterocycles. The average Bonchev–Trinajstić information content (AvgIpc) is 2.42. The minimum atomic E-state index is -0.429. The third-order valence-corrected chi connectivity index (χ3v) is 3.79. The van der Waals surface area contributed by atoms with Gasteiger partial charge in [0, 0.05) is 19.1 Å². The quantitative estimate of drug-likeness (QED) is 0.883. The van der Waals surface area contributed by atoms with Crippen LogP contribution in [-0.2, 0) is 28.1 Å². The van der Waals surface area contributed by atoms with Crippen molar-refractivity contribution < 1.29 is 9.47 Å². The predicted octanol–water partition coefficient (Wildman–Crippen LogP) is 1.79. The molecule has 0 bridgehead atoms. The molecule has 2 N–H and O–H groups in total. The third kappa shape index (κ3) is 2.08. The smallest absolute Gasteiger partial charge is 0.162 e. The molecule has 100 valence electrons. The van der Waals surface area contributed by atoms with Gasteiger partial charge in [-0.1, -0.05) is 13.8 Å². The number of aromatic nitrogens is 2. The molecule has 0 saturated carbocycles. The fourth-order valence-electron chi connectivity index (χ4n) is 2.41. The minimum absolute atomic E-state index is 0.429. The van der Waals surface area contributed by atoms with Gasteiger partial charge < -0.3 is 15.2 Å². The Hall–Kier alpha value is -1.20. The normalized spacial score (nSPS) is 15.5. The lowest BCUT2D eigenvalue weighted by Crippen LogP contribution is -2.31. The second-order valence-electron chi connectivity index (χ2n) is 4.57. The SMILES string of the molecule is CCC(CC)(OC)c1nc(N)c2c(n1)CCOC2. The maximum absolute atomic E-state index is 6.02. The number of ether oxygens (including phenoxy) is 2. The molecule has 1 aliphatic heterocycles. The van der Waals surface area contributed by atoms with Crippen molar-refractivity contribution in [2.24, 2.45) is 0 Å². The van der Waals surface area contributed by atoms with Crippen molar-refractivity contribution in [2.45, 2.75) is 45.3 Å². The van der Waals surface area contributed by atoms with E-state index < -0.39 is 5.60 Å². The Kier molecular flexibility index (Phi) is 3.82. The van der Waals surface area contributed by atoms with Gasteiger partial charge in [-0.25, -0.2) is 9.97 Å². The molecule has 0 spiro atoms. The zero-order valence-electron chi connectivity index (χ0n) is 11.3. The van der Waals surface area contributed by atoms with E-state index in [1.807, 2.05) is 0 Å². The van der Waals surface area contributed by atoms with Crippen LogP contribution in [0, 0.1) is 0 Å². The summed E-state index contributed by atoms with van der Waals surface area (Å²) in [6, 6.07) is 0. The number of nitrogen functional groups attached to an aromatic ring is 1. The van der Waals surface area contributed by atoms with Crippen molar-refractivity contribution in [3.63, 3.8) is 0 Å². The highest BCUT2D eigenvalue weighted by Gasteiger charge is 2.33. The van der Waals surface area contributed by atoms with Crippen molar-refractivity contribution >= 4 is 5.82 Å². The molecule has 0 unspecified atom stereocenters. The molecule has 0 aromatic carbocycles. The van der Waals surface area contributed by atoms with E-state index in [0.29, 0.717) is 24.9 Å². The van der Waals surface area contributed by atoms with Gasteiger partial charge in [0.25, 0.3) is 0 Å². The molecule has 1 aliphatic rings. The standard InChI is InChI=1S/C13H21N3O2/c1-4-13(5-2,17-3)12-15-10-6-7-18-8-9(10)11(14)16-12/h4-8H2,1-3H3,(H2,14,15,16). The third-order valence-electron chi connectivity index (χ3n) is 3.79. The summed E-state index contributed by atoms with van der Waals surface area (Å²) in [7, 11) is 1.70. The Labute approximate surface area is 108 Å². The fourth-order valence-corrected chi connectivity index (χ4v) is 2.41. The molecule has 5 nitrogen and oxygen atoms in total. The number of hydrogen-bond acceptors (Lipinski definition) is 5. The number of rotatable bonds is 4. The minimum Gasteiger partial charge on any atom is -0.383 e. The second kappa shape index (κ2) is 5.20. The van der Waals surface area contributed by atoms with E-state index in [2.05, 4.69) is 23.8 Å². The number of hydrogen-bond donors (Lipinski definition) is 1. The van der Waals surface area contributed by atoms with Crippen LogP contribution in [0.4, 0.5) is 5.82 Å². The Morgan fingerprint density at radius 3 is 2.67 bits per heavy atom. The van der Waals surface area contributed by atoms with E-state index in [0.717, 1.165) is 30.5 Å². The van der Waals surface area contributed by atoms with Gasteiger partial charge in [0.1, 0.15) is 11.4 Å². The van der Waals surface area contributed by atoms with Crippen molar-refractivity contribution in [1.29, 1.82) is 0 Å². The van der Waals surface area contributed by atoms with E-state index in [-0.39, 0.29) is 0 Å². The summed E-state index contributed by atoms with van der Waals surface area (Å²) in [6.07, 6.45) is 2.45. The van der Waals surface area contributed by atoms with Crippen molar-refractivity contribution in [2.75, 3.05) is 19.5 Å². The number of methoxy groups -OCH3 is 1. The lowest BCUT2D eigenvalue weighted by molar-refractivity contribution is -0.0295. The van der Waals surface area contributed by atoms with E-state index in [1.165, 1.54) is 0 Å². The van der Waals surface area contributed by atoms with Gasteiger partial charge in [0.05, 0.1) is 18.9 Å².